The minimum Gasteiger partial charge on any atom is -0.395 e. The Labute approximate surface area is 69.8 Å². The summed E-state index contributed by atoms with van der Waals surface area (Å²) < 4.78 is 12.6. The van der Waals surface area contributed by atoms with Crippen LogP contribution in [0.3, 0.4) is 0 Å². The van der Waals surface area contributed by atoms with Gasteiger partial charge in [-0.15, -0.1) is 0 Å². The van der Waals surface area contributed by atoms with E-state index in [1.807, 2.05) is 0 Å². The highest BCUT2D eigenvalue weighted by Gasteiger charge is 2.19. The van der Waals surface area contributed by atoms with Crippen LogP contribution in [0.2, 0.25) is 0 Å². The van der Waals surface area contributed by atoms with Gasteiger partial charge in [-0.1, -0.05) is 0 Å². The molecule has 3 nitrogen and oxygen atoms in total. The van der Waals surface area contributed by atoms with Crippen LogP contribution in [0.15, 0.2) is 12.3 Å². The molecule has 4 heteroatoms. The lowest BCUT2D eigenvalue weighted by atomic mass is 10.00. The molecule has 64 valence electrons. The molecular formula is C8H10FN3. The van der Waals surface area contributed by atoms with Crippen molar-refractivity contribution in [1.82, 2.24) is 10.3 Å². The van der Waals surface area contributed by atoms with Crippen molar-refractivity contribution in [3.8, 4) is 0 Å². The van der Waals surface area contributed by atoms with E-state index >= 15 is 0 Å². The lowest BCUT2D eigenvalue weighted by molar-refractivity contribution is 0.381. The van der Waals surface area contributed by atoms with Gasteiger partial charge in [0.25, 0.3) is 0 Å². The van der Waals surface area contributed by atoms with Crippen LogP contribution in [0.1, 0.15) is 18.0 Å². The summed E-state index contributed by atoms with van der Waals surface area (Å²) in [7, 11) is 0. The second-order valence-electron chi connectivity index (χ2n) is 2.94. The van der Waals surface area contributed by atoms with E-state index in [4.69, 9.17) is 5.73 Å². The number of halogens is 1. The Kier molecular flexibility index (Phi) is 1.69. The van der Waals surface area contributed by atoms with Gasteiger partial charge in [-0.05, 0) is 24.6 Å². The van der Waals surface area contributed by atoms with E-state index in [0.717, 1.165) is 18.5 Å². The van der Waals surface area contributed by atoms with E-state index in [1.54, 1.807) is 6.07 Å². The molecule has 1 saturated heterocycles. The SMILES string of the molecule is Nc1cc([C@H]2CCN2)cnc1F. The van der Waals surface area contributed by atoms with E-state index in [9.17, 15) is 4.39 Å². The van der Waals surface area contributed by atoms with Gasteiger partial charge in [0.1, 0.15) is 0 Å². The molecule has 2 heterocycles. The molecule has 0 saturated carbocycles. The van der Waals surface area contributed by atoms with Crippen molar-refractivity contribution in [2.24, 2.45) is 0 Å². The summed E-state index contributed by atoms with van der Waals surface area (Å²) in [4.78, 5) is 3.55. The molecule has 0 amide bonds. The highest BCUT2D eigenvalue weighted by Crippen LogP contribution is 2.23. The number of nitrogen functional groups attached to an aromatic ring is 1. The molecule has 0 unspecified atom stereocenters. The standard InChI is InChI=1S/C8H10FN3/c9-8-6(10)3-5(4-12-8)7-1-2-11-7/h3-4,7,11H,1-2,10H2/t7-/m1/s1. The zero-order chi connectivity index (χ0) is 8.55. The largest absolute Gasteiger partial charge is 0.395 e. The number of nitrogens with zero attached hydrogens (tertiary/aromatic N) is 1. The van der Waals surface area contributed by atoms with Gasteiger partial charge in [-0.3, -0.25) is 0 Å². The van der Waals surface area contributed by atoms with Gasteiger partial charge in [0, 0.05) is 12.2 Å². The number of rotatable bonds is 1. The van der Waals surface area contributed by atoms with Gasteiger partial charge in [0.05, 0.1) is 5.69 Å². The number of hydrogen-bond donors (Lipinski definition) is 2. The number of nitrogens with two attached hydrogens (primary N) is 1. The average molecular weight is 167 g/mol. The highest BCUT2D eigenvalue weighted by molar-refractivity contribution is 5.40. The van der Waals surface area contributed by atoms with Crippen molar-refractivity contribution >= 4 is 5.69 Å². The summed E-state index contributed by atoms with van der Waals surface area (Å²) in [5.41, 5.74) is 6.47. The summed E-state index contributed by atoms with van der Waals surface area (Å²) in [5.74, 6) is -0.585. The number of anilines is 1. The molecule has 2 rings (SSSR count). The van der Waals surface area contributed by atoms with Crippen molar-refractivity contribution in [2.75, 3.05) is 12.3 Å². The third kappa shape index (κ3) is 1.14. The third-order valence-electron chi connectivity index (χ3n) is 2.11. The maximum absolute atomic E-state index is 12.6. The molecular weight excluding hydrogens is 157 g/mol. The Morgan fingerprint density at radius 3 is 2.92 bits per heavy atom. The van der Waals surface area contributed by atoms with Gasteiger partial charge >= 0.3 is 0 Å². The molecule has 1 aromatic rings. The lowest BCUT2D eigenvalue weighted by Gasteiger charge is -2.27. The first-order chi connectivity index (χ1) is 5.77. The van der Waals surface area contributed by atoms with Crippen molar-refractivity contribution in [3.05, 3.63) is 23.8 Å². The molecule has 1 aliphatic heterocycles. The molecule has 12 heavy (non-hydrogen) atoms. The van der Waals surface area contributed by atoms with Crippen LogP contribution in [-0.2, 0) is 0 Å². The predicted octanol–water partition coefficient (Wildman–Crippen LogP) is 0.837. The summed E-state index contributed by atoms with van der Waals surface area (Å²) in [5, 5.41) is 3.19. The summed E-state index contributed by atoms with van der Waals surface area (Å²) >= 11 is 0. The van der Waals surface area contributed by atoms with Crippen LogP contribution in [0, 0.1) is 5.95 Å². The van der Waals surface area contributed by atoms with E-state index in [0.29, 0.717) is 6.04 Å². The Morgan fingerprint density at radius 2 is 2.42 bits per heavy atom. The second-order valence-corrected chi connectivity index (χ2v) is 2.94. The molecule has 0 aromatic carbocycles. The van der Waals surface area contributed by atoms with Gasteiger partial charge in [-0.2, -0.15) is 4.39 Å². The van der Waals surface area contributed by atoms with Crippen LogP contribution in [0.25, 0.3) is 0 Å². The van der Waals surface area contributed by atoms with Crippen LogP contribution in [0.5, 0.6) is 0 Å². The highest BCUT2D eigenvalue weighted by atomic mass is 19.1. The van der Waals surface area contributed by atoms with Crippen LogP contribution in [-0.4, -0.2) is 11.5 Å². The molecule has 0 aliphatic carbocycles. The van der Waals surface area contributed by atoms with E-state index in [2.05, 4.69) is 10.3 Å². The average Bonchev–Trinajstić information content (AvgIpc) is 1.93. The molecule has 0 spiro atoms. The number of pyridine rings is 1. The summed E-state index contributed by atoms with van der Waals surface area (Å²) in [6, 6.07) is 1.96. The second kappa shape index (κ2) is 2.71. The number of hydrogen-bond acceptors (Lipinski definition) is 3. The minimum absolute atomic E-state index is 0.126. The van der Waals surface area contributed by atoms with Crippen LogP contribution in [0.4, 0.5) is 10.1 Å². The maximum Gasteiger partial charge on any atom is 0.236 e. The van der Waals surface area contributed by atoms with Gasteiger partial charge in [0.2, 0.25) is 5.95 Å². The number of aromatic nitrogens is 1. The molecule has 1 atom stereocenters. The normalized spacial score (nSPS) is 21.9. The van der Waals surface area contributed by atoms with Crippen LogP contribution >= 0.6 is 0 Å². The molecule has 0 radical (unpaired) electrons. The Hall–Kier alpha value is -1.16. The third-order valence-corrected chi connectivity index (χ3v) is 2.11. The van der Waals surface area contributed by atoms with Gasteiger partial charge < -0.3 is 11.1 Å². The van der Waals surface area contributed by atoms with Crippen LogP contribution < -0.4 is 11.1 Å². The van der Waals surface area contributed by atoms with Crippen molar-refractivity contribution < 1.29 is 4.39 Å². The van der Waals surface area contributed by atoms with Crippen molar-refractivity contribution in [2.45, 2.75) is 12.5 Å². The molecule has 3 N–H and O–H groups in total. The monoisotopic (exact) mass is 167 g/mol. The zero-order valence-corrected chi connectivity index (χ0v) is 6.55. The summed E-state index contributed by atoms with van der Waals surface area (Å²) in [6.45, 7) is 1.02. The lowest BCUT2D eigenvalue weighted by Crippen LogP contribution is -2.35. The predicted molar refractivity (Wildman–Crippen MR) is 44.0 cm³/mol. The first-order valence-electron chi connectivity index (χ1n) is 3.91. The maximum atomic E-state index is 12.6. The quantitative estimate of drug-likeness (QED) is 0.609. The Bertz CT molecular complexity index is 296. The van der Waals surface area contributed by atoms with E-state index < -0.39 is 5.95 Å². The number of nitrogens with one attached hydrogen (secondary N) is 1. The fraction of sp³-hybridized carbons (Fsp3) is 0.375. The van der Waals surface area contributed by atoms with Gasteiger partial charge in [0.15, 0.2) is 0 Å². The zero-order valence-electron chi connectivity index (χ0n) is 6.55. The van der Waals surface area contributed by atoms with Crippen molar-refractivity contribution in [3.63, 3.8) is 0 Å². The minimum atomic E-state index is -0.585. The summed E-state index contributed by atoms with van der Waals surface area (Å²) in [6.07, 6.45) is 2.61. The fourth-order valence-corrected chi connectivity index (χ4v) is 1.25. The first-order valence-corrected chi connectivity index (χ1v) is 3.91. The van der Waals surface area contributed by atoms with E-state index in [-0.39, 0.29) is 5.69 Å². The fourth-order valence-electron chi connectivity index (χ4n) is 1.25. The van der Waals surface area contributed by atoms with Gasteiger partial charge in [-0.25, -0.2) is 4.98 Å². The molecule has 1 aliphatic rings. The first kappa shape index (κ1) is 7.49. The molecule has 1 fully saturated rings. The smallest absolute Gasteiger partial charge is 0.236 e. The van der Waals surface area contributed by atoms with Crippen molar-refractivity contribution in [1.29, 1.82) is 0 Å². The van der Waals surface area contributed by atoms with E-state index in [1.165, 1.54) is 6.20 Å². The Balaban J connectivity index is 2.27. The topological polar surface area (TPSA) is 50.9 Å². The molecule has 1 aromatic heterocycles. The molecule has 0 bridgehead atoms. The Morgan fingerprint density at radius 1 is 1.67 bits per heavy atom.